The van der Waals surface area contributed by atoms with Crippen molar-refractivity contribution in [2.45, 2.75) is 12.3 Å². The molecule has 4 nitrogen and oxygen atoms in total. The Hall–Kier alpha value is -6.52. The number of furan rings is 1. The van der Waals surface area contributed by atoms with E-state index in [9.17, 15) is 0 Å². The smallest absolute Gasteiger partial charge is 0.198 e. The van der Waals surface area contributed by atoms with Crippen molar-refractivity contribution >= 4 is 44.5 Å². The van der Waals surface area contributed by atoms with Crippen LogP contribution in [0.4, 0.5) is 11.4 Å². The fraction of sp³-hybridized carbons (Fsp3) is 0.0638. The summed E-state index contributed by atoms with van der Waals surface area (Å²) in [5, 5.41) is 2.23. The zero-order valence-electron chi connectivity index (χ0n) is 27.8. The highest BCUT2D eigenvalue weighted by Gasteiger charge is 2.33. The molecule has 0 saturated heterocycles. The fourth-order valence-corrected chi connectivity index (χ4v) is 7.67. The summed E-state index contributed by atoms with van der Waals surface area (Å²) in [4.78, 5) is 2.19. The number of hydrogen-bond donors (Lipinski definition) is 0. The van der Waals surface area contributed by atoms with Gasteiger partial charge in [-0.05, 0) is 71.7 Å². The second-order valence-electron chi connectivity index (χ2n) is 13.2. The standard InChI is InChI=1S/C47H33NO3/c1-2-10-31(11-3-1)32-20-25-35(26-21-32)48(36-27-22-33(23-28-36)37-14-8-16-41-39-12-4-6-18-43(39)50-46(37)41)45-29-24-34(30-49-45)38-15-9-17-42-40-13-5-7-19-44(40)51-47(38)42/h1-15,17-29,41H,16,30H2. The van der Waals surface area contributed by atoms with E-state index in [-0.39, 0.29) is 5.92 Å². The summed E-state index contributed by atoms with van der Waals surface area (Å²) < 4.78 is 19.4. The van der Waals surface area contributed by atoms with Crippen LogP contribution in [-0.4, -0.2) is 6.61 Å². The van der Waals surface area contributed by atoms with E-state index in [1.165, 1.54) is 16.7 Å². The summed E-state index contributed by atoms with van der Waals surface area (Å²) >= 11 is 0. The molecule has 0 spiro atoms. The Morgan fingerprint density at radius 2 is 1.29 bits per heavy atom. The molecule has 2 aliphatic heterocycles. The van der Waals surface area contributed by atoms with Crippen LogP contribution in [-0.2, 0) is 4.74 Å². The van der Waals surface area contributed by atoms with Crippen LogP contribution >= 0.6 is 0 Å². The third-order valence-electron chi connectivity index (χ3n) is 10.2. The van der Waals surface area contributed by atoms with E-state index in [2.05, 4.69) is 151 Å². The minimum Gasteiger partial charge on any atom is -0.474 e. The SMILES string of the molecule is C1=CC(c2ccc(N(C3=CC=C(c4cccc5c4oc4ccccc45)CO3)c3ccc(-c4ccccc4)cc3)cc2)=C2Oc3ccccc3C2C1. The molecule has 0 N–H and O–H groups in total. The molecule has 1 unspecified atom stereocenters. The molecule has 1 aromatic heterocycles. The molecule has 244 valence electrons. The average molecular weight is 660 g/mol. The number of nitrogens with zero attached hydrogens (tertiary/aromatic N) is 1. The van der Waals surface area contributed by atoms with Crippen molar-refractivity contribution in [3.8, 4) is 16.9 Å². The third-order valence-corrected chi connectivity index (χ3v) is 10.2. The summed E-state index contributed by atoms with van der Waals surface area (Å²) in [6.45, 7) is 0.416. The number of allylic oxidation sites excluding steroid dienone is 6. The Bertz CT molecular complexity index is 2570. The maximum Gasteiger partial charge on any atom is 0.198 e. The van der Waals surface area contributed by atoms with Crippen LogP contribution in [0.15, 0.2) is 186 Å². The zero-order valence-corrected chi connectivity index (χ0v) is 27.8. The van der Waals surface area contributed by atoms with Gasteiger partial charge in [-0.1, -0.05) is 121 Å². The molecule has 1 atom stereocenters. The summed E-state index contributed by atoms with van der Waals surface area (Å²) in [6, 6.07) is 50.8. The van der Waals surface area contributed by atoms with Gasteiger partial charge in [-0.25, -0.2) is 0 Å². The maximum atomic E-state index is 6.63. The highest BCUT2D eigenvalue weighted by atomic mass is 16.5. The number of ether oxygens (including phenoxy) is 2. The van der Waals surface area contributed by atoms with Crippen molar-refractivity contribution in [3.05, 3.63) is 198 Å². The largest absolute Gasteiger partial charge is 0.474 e. The topological polar surface area (TPSA) is 34.8 Å². The molecule has 3 heterocycles. The monoisotopic (exact) mass is 659 g/mol. The van der Waals surface area contributed by atoms with Gasteiger partial charge in [0.15, 0.2) is 5.88 Å². The second kappa shape index (κ2) is 12.1. The average Bonchev–Trinajstić information content (AvgIpc) is 3.78. The van der Waals surface area contributed by atoms with Crippen LogP contribution in [0.2, 0.25) is 0 Å². The lowest BCUT2D eigenvalue weighted by molar-refractivity contribution is 0.245. The first kappa shape index (κ1) is 29.4. The van der Waals surface area contributed by atoms with Gasteiger partial charge in [0.2, 0.25) is 0 Å². The Labute approximate surface area is 296 Å². The van der Waals surface area contributed by atoms with Gasteiger partial charge in [0.25, 0.3) is 0 Å². The van der Waals surface area contributed by atoms with E-state index in [1.807, 2.05) is 24.3 Å². The molecule has 7 aromatic rings. The minimum atomic E-state index is 0.257. The minimum absolute atomic E-state index is 0.257. The molecular formula is C47H33NO3. The lowest BCUT2D eigenvalue weighted by Gasteiger charge is -2.30. The van der Waals surface area contributed by atoms with Crippen LogP contribution in [0, 0.1) is 0 Å². The molecule has 3 aliphatic rings. The highest BCUT2D eigenvalue weighted by Crippen LogP contribution is 2.48. The van der Waals surface area contributed by atoms with Crippen molar-refractivity contribution in [2.24, 2.45) is 0 Å². The van der Waals surface area contributed by atoms with Crippen LogP contribution in [0.25, 0.3) is 44.2 Å². The molecule has 10 rings (SSSR count). The van der Waals surface area contributed by atoms with Gasteiger partial charge in [0, 0.05) is 50.3 Å². The lowest BCUT2D eigenvalue weighted by atomic mass is 9.87. The molecule has 1 aliphatic carbocycles. The molecule has 51 heavy (non-hydrogen) atoms. The second-order valence-corrected chi connectivity index (χ2v) is 13.2. The van der Waals surface area contributed by atoms with E-state index < -0.39 is 0 Å². The fourth-order valence-electron chi connectivity index (χ4n) is 7.67. The first-order valence-corrected chi connectivity index (χ1v) is 17.5. The third kappa shape index (κ3) is 5.07. The van der Waals surface area contributed by atoms with E-state index in [0.717, 1.165) is 79.4 Å². The van der Waals surface area contributed by atoms with E-state index >= 15 is 0 Å². The van der Waals surface area contributed by atoms with Gasteiger partial charge in [0.05, 0.1) is 0 Å². The number of rotatable bonds is 6. The van der Waals surface area contributed by atoms with E-state index in [1.54, 1.807) is 0 Å². The zero-order chi connectivity index (χ0) is 33.7. The van der Waals surface area contributed by atoms with Crippen molar-refractivity contribution in [1.82, 2.24) is 0 Å². The van der Waals surface area contributed by atoms with Crippen molar-refractivity contribution in [3.63, 3.8) is 0 Å². The van der Waals surface area contributed by atoms with Crippen LogP contribution < -0.4 is 9.64 Å². The van der Waals surface area contributed by atoms with Gasteiger partial charge in [-0.2, -0.15) is 0 Å². The molecule has 0 saturated carbocycles. The Balaban J connectivity index is 1.03. The van der Waals surface area contributed by atoms with E-state index in [4.69, 9.17) is 13.9 Å². The normalized spacial score (nSPS) is 16.3. The van der Waals surface area contributed by atoms with Gasteiger partial charge >= 0.3 is 0 Å². The quantitative estimate of drug-likeness (QED) is 0.178. The van der Waals surface area contributed by atoms with Gasteiger partial charge in [-0.15, -0.1) is 0 Å². The van der Waals surface area contributed by atoms with Crippen LogP contribution in [0.1, 0.15) is 29.0 Å². The Morgan fingerprint density at radius 3 is 2.10 bits per heavy atom. The number of anilines is 2. The number of para-hydroxylation sites is 3. The first-order valence-electron chi connectivity index (χ1n) is 17.5. The van der Waals surface area contributed by atoms with Crippen molar-refractivity contribution in [1.29, 1.82) is 0 Å². The molecule has 0 fully saturated rings. The summed E-state index contributed by atoms with van der Waals surface area (Å²) in [5.74, 6) is 3.01. The number of hydrogen-bond acceptors (Lipinski definition) is 4. The molecule has 0 amide bonds. The van der Waals surface area contributed by atoms with Gasteiger partial charge < -0.3 is 13.9 Å². The number of fused-ring (bicyclic) bond motifs is 6. The van der Waals surface area contributed by atoms with E-state index in [0.29, 0.717) is 6.61 Å². The van der Waals surface area contributed by atoms with Gasteiger partial charge in [-0.3, -0.25) is 4.90 Å². The summed E-state index contributed by atoms with van der Waals surface area (Å²) in [7, 11) is 0. The predicted molar refractivity (Wildman–Crippen MR) is 207 cm³/mol. The first-order chi connectivity index (χ1) is 25.3. The Morgan fingerprint density at radius 1 is 0.588 bits per heavy atom. The molecular weight excluding hydrogens is 627 g/mol. The van der Waals surface area contributed by atoms with Crippen LogP contribution in [0.3, 0.4) is 0 Å². The van der Waals surface area contributed by atoms with Crippen LogP contribution in [0.5, 0.6) is 5.75 Å². The molecule has 4 heteroatoms. The molecule has 6 aromatic carbocycles. The predicted octanol–water partition coefficient (Wildman–Crippen LogP) is 12.2. The highest BCUT2D eigenvalue weighted by molar-refractivity contribution is 6.08. The van der Waals surface area contributed by atoms with Crippen molar-refractivity contribution in [2.75, 3.05) is 11.5 Å². The van der Waals surface area contributed by atoms with Crippen molar-refractivity contribution < 1.29 is 13.9 Å². The Kier molecular flexibility index (Phi) is 6.98. The van der Waals surface area contributed by atoms with Gasteiger partial charge in [0.1, 0.15) is 29.3 Å². The molecule has 0 bridgehead atoms. The summed E-state index contributed by atoms with van der Waals surface area (Å²) in [6.07, 6.45) is 9.65. The number of benzene rings is 6. The molecule has 0 radical (unpaired) electrons. The lowest BCUT2D eigenvalue weighted by Crippen LogP contribution is -2.21. The summed E-state index contributed by atoms with van der Waals surface area (Å²) in [5.41, 5.74) is 11.8. The maximum absolute atomic E-state index is 6.63.